The van der Waals surface area contributed by atoms with Gasteiger partial charge in [-0.05, 0) is 31.2 Å². The van der Waals surface area contributed by atoms with E-state index in [2.05, 4.69) is 5.32 Å². The Bertz CT molecular complexity index is 659. The van der Waals surface area contributed by atoms with E-state index in [0.29, 0.717) is 17.9 Å². The molecule has 1 amide bonds. The molecule has 0 radical (unpaired) electrons. The standard InChI is InChI=1S/C16H17FN2O2.ClH/c1-11-10-18-8-9-19(11)16(20)15-7-6-14(21-15)12-4-2-3-5-13(12)17;/h2-7,11,18H,8-10H2,1H3;1H/t11-;/m0./s1. The fourth-order valence-electron chi connectivity index (χ4n) is 2.54. The van der Waals surface area contributed by atoms with Crippen LogP contribution in [-0.2, 0) is 0 Å². The topological polar surface area (TPSA) is 45.5 Å². The third-order valence-electron chi connectivity index (χ3n) is 3.72. The molecule has 4 nitrogen and oxygen atoms in total. The Morgan fingerprint density at radius 3 is 2.82 bits per heavy atom. The molecule has 0 bridgehead atoms. The van der Waals surface area contributed by atoms with Gasteiger partial charge in [0, 0.05) is 25.7 Å². The highest BCUT2D eigenvalue weighted by molar-refractivity contribution is 5.92. The van der Waals surface area contributed by atoms with Gasteiger partial charge >= 0.3 is 0 Å². The van der Waals surface area contributed by atoms with Crippen molar-refractivity contribution in [3.8, 4) is 11.3 Å². The molecule has 0 aliphatic carbocycles. The van der Waals surface area contributed by atoms with Crippen LogP contribution in [0.2, 0.25) is 0 Å². The molecule has 1 atom stereocenters. The molecule has 1 aliphatic heterocycles. The lowest BCUT2D eigenvalue weighted by Gasteiger charge is -2.33. The molecule has 22 heavy (non-hydrogen) atoms. The number of nitrogens with one attached hydrogen (secondary N) is 1. The van der Waals surface area contributed by atoms with E-state index in [0.717, 1.165) is 13.1 Å². The molecule has 0 unspecified atom stereocenters. The predicted octanol–water partition coefficient (Wildman–Crippen LogP) is 2.94. The van der Waals surface area contributed by atoms with Crippen LogP contribution in [0.1, 0.15) is 17.5 Å². The van der Waals surface area contributed by atoms with Crippen LogP contribution in [0.4, 0.5) is 4.39 Å². The summed E-state index contributed by atoms with van der Waals surface area (Å²) in [6.07, 6.45) is 0. The van der Waals surface area contributed by atoms with E-state index in [1.807, 2.05) is 6.92 Å². The highest BCUT2D eigenvalue weighted by atomic mass is 35.5. The van der Waals surface area contributed by atoms with Gasteiger partial charge in [0.25, 0.3) is 5.91 Å². The van der Waals surface area contributed by atoms with Crippen molar-refractivity contribution in [3.05, 3.63) is 48.0 Å². The fourth-order valence-corrected chi connectivity index (χ4v) is 2.54. The highest BCUT2D eigenvalue weighted by Gasteiger charge is 2.26. The van der Waals surface area contributed by atoms with Gasteiger partial charge in [-0.2, -0.15) is 0 Å². The maximum atomic E-state index is 13.7. The number of rotatable bonds is 2. The maximum Gasteiger partial charge on any atom is 0.289 e. The number of nitrogens with zero attached hydrogens (tertiary/aromatic N) is 1. The van der Waals surface area contributed by atoms with Crippen LogP contribution in [0, 0.1) is 5.82 Å². The first-order valence-electron chi connectivity index (χ1n) is 7.03. The van der Waals surface area contributed by atoms with Crippen LogP contribution >= 0.6 is 12.4 Å². The van der Waals surface area contributed by atoms with E-state index in [4.69, 9.17) is 4.42 Å². The van der Waals surface area contributed by atoms with Gasteiger partial charge in [0.2, 0.25) is 0 Å². The molecule has 2 aromatic rings. The third-order valence-corrected chi connectivity index (χ3v) is 3.72. The molecule has 1 aromatic heterocycles. The molecule has 1 saturated heterocycles. The third kappa shape index (κ3) is 3.15. The number of hydrogen-bond acceptors (Lipinski definition) is 3. The number of benzene rings is 1. The summed E-state index contributed by atoms with van der Waals surface area (Å²) in [5.74, 6) is 0.120. The molecular formula is C16H18ClFN2O2. The van der Waals surface area contributed by atoms with Gasteiger partial charge in [0.15, 0.2) is 5.76 Å². The van der Waals surface area contributed by atoms with Gasteiger partial charge in [0.05, 0.1) is 5.56 Å². The van der Waals surface area contributed by atoms with E-state index >= 15 is 0 Å². The van der Waals surface area contributed by atoms with E-state index in [9.17, 15) is 9.18 Å². The van der Waals surface area contributed by atoms with E-state index in [1.165, 1.54) is 6.07 Å². The van der Waals surface area contributed by atoms with Crippen LogP contribution in [0.25, 0.3) is 11.3 Å². The summed E-state index contributed by atoms with van der Waals surface area (Å²) in [5, 5.41) is 3.24. The first-order chi connectivity index (χ1) is 10.2. The number of furan rings is 1. The Hall–Kier alpha value is -1.85. The monoisotopic (exact) mass is 324 g/mol. The minimum absolute atomic E-state index is 0. The SMILES string of the molecule is C[C@H]1CNCCN1C(=O)c1ccc(-c2ccccc2F)o1.Cl. The number of halogens is 2. The van der Waals surface area contributed by atoms with Crippen LogP contribution in [-0.4, -0.2) is 36.5 Å². The fraction of sp³-hybridized carbons (Fsp3) is 0.312. The summed E-state index contributed by atoms with van der Waals surface area (Å²) in [4.78, 5) is 14.2. The number of hydrogen-bond donors (Lipinski definition) is 1. The number of carbonyl (C=O) groups excluding carboxylic acids is 1. The molecule has 6 heteroatoms. The number of carbonyl (C=O) groups is 1. The zero-order valence-electron chi connectivity index (χ0n) is 12.2. The van der Waals surface area contributed by atoms with Crippen molar-refractivity contribution >= 4 is 18.3 Å². The smallest absolute Gasteiger partial charge is 0.289 e. The molecule has 1 fully saturated rings. The summed E-state index contributed by atoms with van der Waals surface area (Å²) < 4.78 is 19.3. The molecule has 0 spiro atoms. The second-order valence-corrected chi connectivity index (χ2v) is 5.20. The Kier molecular flexibility index (Phi) is 5.21. The second-order valence-electron chi connectivity index (χ2n) is 5.20. The molecule has 0 saturated carbocycles. The number of amides is 1. The highest BCUT2D eigenvalue weighted by Crippen LogP contribution is 2.25. The first-order valence-corrected chi connectivity index (χ1v) is 7.03. The Balaban J connectivity index is 0.00000176. The van der Waals surface area contributed by atoms with Crippen LogP contribution in [0.5, 0.6) is 0 Å². The molecule has 1 aliphatic rings. The van der Waals surface area contributed by atoms with Crippen LogP contribution in [0.3, 0.4) is 0 Å². The van der Waals surface area contributed by atoms with Crippen LogP contribution < -0.4 is 5.32 Å². The minimum Gasteiger partial charge on any atom is -0.451 e. The summed E-state index contributed by atoms with van der Waals surface area (Å²) in [6, 6.07) is 9.73. The quantitative estimate of drug-likeness (QED) is 0.924. The molecular weight excluding hydrogens is 307 g/mol. The summed E-state index contributed by atoms with van der Waals surface area (Å²) >= 11 is 0. The van der Waals surface area contributed by atoms with Crippen molar-refractivity contribution in [2.75, 3.05) is 19.6 Å². The van der Waals surface area contributed by atoms with Gasteiger partial charge in [-0.1, -0.05) is 12.1 Å². The Morgan fingerprint density at radius 1 is 1.32 bits per heavy atom. The van der Waals surface area contributed by atoms with Gasteiger partial charge in [0.1, 0.15) is 11.6 Å². The van der Waals surface area contributed by atoms with Crippen molar-refractivity contribution in [1.29, 1.82) is 0 Å². The molecule has 118 valence electrons. The van der Waals surface area contributed by atoms with Gasteiger partial charge < -0.3 is 14.6 Å². The number of piperazine rings is 1. The average Bonchev–Trinajstić information content (AvgIpc) is 2.97. The van der Waals surface area contributed by atoms with Crippen molar-refractivity contribution in [3.63, 3.8) is 0 Å². The van der Waals surface area contributed by atoms with E-state index < -0.39 is 0 Å². The summed E-state index contributed by atoms with van der Waals surface area (Å²) in [7, 11) is 0. The van der Waals surface area contributed by atoms with Crippen LogP contribution in [0.15, 0.2) is 40.8 Å². The average molecular weight is 325 g/mol. The van der Waals surface area contributed by atoms with Gasteiger partial charge in [-0.3, -0.25) is 4.79 Å². The predicted molar refractivity (Wildman–Crippen MR) is 84.7 cm³/mol. The summed E-state index contributed by atoms with van der Waals surface area (Å²) in [5.41, 5.74) is 0.366. The maximum absolute atomic E-state index is 13.7. The lowest BCUT2D eigenvalue weighted by molar-refractivity contribution is 0.0624. The van der Waals surface area contributed by atoms with E-state index in [1.54, 1.807) is 35.2 Å². The Morgan fingerprint density at radius 2 is 2.09 bits per heavy atom. The van der Waals surface area contributed by atoms with Crippen molar-refractivity contribution in [2.24, 2.45) is 0 Å². The largest absolute Gasteiger partial charge is 0.451 e. The Labute approximate surface area is 134 Å². The minimum atomic E-state index is -0.360. The molecule has 1 N–H and O–H groups in total. The summed E-state index contributed by atoms with van der Waals surface area (Å²) in [6.45, 7) is 4.18. The zero-order valence-corrected chi connectivity index (χ0v) is 13.0. The second kappa shape index (κ2) is 6.94. The first kappa shape index (κ1) is 16.5. The van der Waals surface area contributed by atoms with Gasteiger partial charge in [-0.15, -0.1) is 12.4 Å². The molecule has 3 rings (SSSR count). The lowest BCUT2D eigenvalue weighted by atomic mass is 10.1. The molecule has 2 heterocycles. The molecule has 1 aromatic carbocycles. The van der Waals surface area contributed by atoms with Crippen molar-refractivity contribution in [2.45, 2.75) is 13.0 Å². The van der Waals surface area contributed by atoms with Crippen molar-refractivity contribution in [1.82, 2.24) is 10.2 Å². The van der Waals surface area contributed by atoms with E-state index in [-0.39, 0.29) is 35.9 Å². The normalized spacial score (nSPS) is 17.9. The van der Waals surface area contributed by atoms with Gasteiger partial charge in [-0.25, -0.2) is 4.39 Å². The lowest BCUT2D eigenvalue weighted by Crippen LogP contribution is -2.52. The van der Waals surface area contributed by atoms with Crippen molar-refractivity contribution < 1.29 is 13.6 Å². The zero-order chi connectivity index (χ0) is 14.8.